The Morgan fingerprint density at radius 1 is 1.08 bits per heavy atom. The number of rotatable bonds is 6. The van der Waals surface area contributed by atoms with E-state index in [1.807, 2.05) is 36.4 Å². The molecule has 2 aliphatic rings. The first-order valence-corrected chi connectivity index (χ1v) is 13.3. The summed E-state index contributed by atoms with van der Waals surface area (Å²) in [6.45, 7) is 0.288. The molecule has 0 saturated carbocycles. The smallest absolute Gasteiger partial charge is 0.265 e. The van der Waals surface area contributed by atoms with E-state index < -0.39 is 10.0 Å². The molecule has 1 aliphatic heterocycles. The van der Waals surface area contributed by atoms with Gasteiger partial charge in [-0.1, -0.05) is 60.7 Å². The minimum Gasteiger partial charge on any atom is -0.482 e. The maximum absolute atomic E-state index is 13.0. The molecule has 3 aromatic carbocycles. The number of nitrogen functional groups attached to an aromatic ring is 1. The third kappa shape index (κ3) is 5.04. The molecule has 1 heterocycles. The van der Waals surface area contributed by atoms with Crippen molar-refractivity contribution in [2.24, 2.45) is 10.9 Å². The Balaban J connectivity index is 1.45. The van der Waals surface area contributed by atoms with Gasteiger partial charge in [0.1, 0.15) is 11.6 Å². The van der Waals surface area contributed by atoms with Crippen LogP contribution in [0.2, 0.25) is 0 Å². The Morgan fingerprint density at radius 2 is 1.89 bits per heavy atom. The predicted molar refractivity (Wildman–Crippen MR) is 143 cm³/mol. The first kappa shape index (κ1) is 24.5. The number of allylic oxidation sites excluding steroid dienone is 3. The van der Waals surface area contributed by atoms with Gasteiger partial charge in [0.05, 0.1) is 10.6 Å². The van der Waals surface area contributed by atoms with E-state index in [4.69, 9.17) is 21.0 Å². The maximum Gasteiger partial charge on any atom is 0.265 e. The summed E-state index contributed by atoms with van der Waals surface area (Å²) < 4.78 is 30.0. The van der Waals surface area contributed by atoms with E-state index in [2.05, 4.69) is 6.08 Å². The summed E-state index contributed by atoms with van der Waals surface area (Å²) in [5.41, 5.74) is 10.1. The number of anilines is 1. The normalized spacial score (nSPS) is 17.1. The lowest BCUT2D eigenvalue weighted by Crippen LogP contribution is -2.40. The molecule has 3 aromatic rings. The predicted octanol–water partition coefficient (Wildman–Crippen LogP) is 3.68. The highest BCUT2D eigenvalue weighted by atomic mass is 32.2. The van der Waals surface area contributed by atoms with Crippen LogP contribution in [0.3, 0.4) is 0 Å². The number of fused-ring (bicyclic) bond motifs is 1. The van der Waals surface area contributed by atoms with Gasteiger partial charge in [0.25, 0.3) is 5.91 Å². The van der Waals surface area contributed by atoms with Crippen molar-refractivity contribution in [2.45, 2.75) is 17.2 Å². The fourth-order valence-electron chi connectivity index (χ4n) is 4.73. The fourth-order valence-corrected chi connectivity index (χ4v) is 5.49. The molecule has 5 rings (SSSR count). The number of amidine groups is 1. The summed E-state index contributed by atoms with van der Waals surface area (Å²) in [5, 5.41) is 13.2. The van der Waals surface area contributed by atoms with E-state index in [0.29, 0.717) is 41.1 Å². The van der Waals surface area contributed by atoms with E-state index in [-0.39, 0.29) is 29.2 Å². The lowest BCUT2D eigenvalue weighted by molar-refractivity contribution is -0.121. The zero-order valence-electron chi connectivity index (χ0n) is 19.9. The topological polar surface area (TPSA) is 140 Å². The highest BCUT2D eigenvalue weighted by molar-refractivity contribution is 7.89. The second-order valence-electron chi connectivity index (χ2n) is 9.05. The van der Waals surface area contributed by atoms with Crippen LogP contribution in [0.15, 0.2) is 95.4 Å². The van der Waals surface area contributed by atoms with Crippen molar-refractivity contribution in [1.82, 2.24) is 0 Å². The minimum atomic E-state index is -3.94. The molecule has 188 valence electrons. The van der Waals surface area contributed by atoms with Gasteiger partial charge in [-0.3, -0.25) is 10.2 Å². The van der Waals surface area contributed by atoms with Crippen molar-refractivity contribution in [1.29, 1.82) is 5.41 Å². The molecule has 0 radical (unpaired) electrons. The monoisotopic (exact) mass is 514 g/mol. The number of ether oxygens (including phenoxy) is 1. The first-order valence-electron chi connectivity index (χ1n) is 11.7. The average Bonchev–Trinajstić information content (AvgIpc) is 2.90. The summed E-state index contributed by atoms with van der Waals surface area (Å²) in [5.74, 6) is 0.472. The number of primary sulfonamides is 1. The lowest BCUT2D eigenvalue weighted by Gasteiger charge is -2.32. The minimum absolute atomic E-state index is 0.0142. The van der Waals surface area contributed by atoms with Crippen LogP contribution < -0.4 is 20.5 Å². The average molecular weight is 515 g/mol. The van der Waals surface area contributed by atoms with Gasteiger partial charge in [0.15, 0.2) is 6.61 Å². The molecule has 1 unspecified atom stereocenters. The summed E-state index contributed by atoms with van der Waals surface area (Å²) in [6.07, 6.45) is 6.79. The van der Waals surface area contributed by atoms with Gasteiger partial charge in [-0.25, -0.2) is 13.6 Å². The quantitative estimate of drug-likeness (QED) is 0.340. The van der Waals surface area contributed by atoms with Gasteiger partial charge in [-0.15, -0.1) is 0 Å². The van der Waals surface area contributed by atoms with E-state index in [1.165, 1.54) is 6.07 Å². The van der Waals surface area contributed by atoms with Crippen LogP contribution in [0.4, 0.5) is 5.69 Å². The summed E-state index contributed by atoms with van der Waals surface area (Å²) in [7, 11) is -3.94. The number of sulfonamides is 1. The van der Waals surface area contributed by atoms with Crippen molar-refractivity contribution in [3.63, 3.8) is 0 Å². The molecule has 9 heteroatoms. The molecule has 8 nitrogen and oxygen atoms in total. The van der Waals surface area contributed by atoms with Crippen LogP contribution in [-0.2, 0) is 14.8 Å². The van der Waals surface area contributed by atoms with Crippen molar-refractivity contribution >= 4 is 27.5 Å². The number of nitrogens with zero attached hydrogens (tertiary/aromatic N) is 1. The molecule has 0 saturated heterocycles. The van der Waals surface area contributed by atoms with Crippen molar-refractivity contribution in [3.8, 4) is 16.9 Å². The summed E-state index contributed by atoms with van der Waals surface area (Å²) in [6, 6.07) is 19.4. The molecule has 0 bridgehead atoms. The Hall–Kier alpha value is -4.21. The van der Waals surface area contributed by atoms with Crippen molar-refractivity contribution < 1.29 is 17.9 Å². The van der Waals surface area contributed by atoms with Gasteiger partial charge in [0.2, 0.25) is 10.0 Å². The third-order valence-corrected chi connectivity index (χ3v) is 7.52. The zero-order valence-corrected chi connectivity index (χ0v) is 20.7. The van der Waals surface area contributed by atoms with Crippen LogP contribution in [-0.4, -0.2) is 33.3 Å². The summed E-state index contributed by atoms with van der Waals surface area (Å²) in [4.78, 5) is 14.7. The van der Waals surface area contributed by atoms with Crippen LogP contribution in [0.5, 0.6) is 5.75 Å². The molecular weight excluding hydrogens is 488 g/mol. The maximum atomic E-state index is 13.0. The molecular formula is C28H26N4O4S. The Morgan fingerprint density at radius 3 is 2.68 bits per heavy atom. The van der Waals surface area contributed by atoms with Crippen LogP contribution in [0.25, 0.3) is 11.1 Å². The van der Waals surface area contributed by atoms with E-state index in [9.17, 15) is 13.2 Å². The third-order valence-electron chi connectivity index (χ3n) is 6.55. The molecule has 37 heavy (non-hydrogen) atoms. The second kappa shape index (κ2) is 9.68. The number of nitrogens with two attached hydrogens (primary N) is 2. The Labute approximate surface area is 215 Å². The number of carbonyl (C=O) groups excluding carboxylic acids is 1. The van der Waals surface area contributed by atoms with E-state index in [1.54, 1.807) is 41.3 Å². The standard InChI is InChI=1S/C28H26N4O4S/c29-28(30)22-8-4-7-20(14-22)19-6-3-5-18(13-19)16-32-24-15-21(11-12-25(24)36-17-27(32)33)23-9-1-2-10-26(23)37(31,34)35/h1-12,14-15,19H,13,16-17H2,(H3,29,30)(H2,31,34,35). The van der Waals surface area contributed by atoms with Gasteiger partial charge < -0.3 is 15.4 Å². The van der Waals surface area contributed by atoms with Crippen molar-refractivity contribution in [2.75, 3.05) is 18.1 Å². The molecule has 0 fully saturated rings. The highest BCUT2D eigenvalue weighted by Gasteiger charge is 2.28. The number of hydrogen-bond donors (Lipinski definition) is 3. The number of hydrogen-bond acceptors (Lipinski definition) is 5. The van der Waals surface area contributed by atoms with Gasteiger partial charge in [-0.2, -0.15) is 0 Å². The molecule has 1 amide bonds. The molecule has 0 spiro atoms. The Kier molecular flexibility index (Phi) is 6.41. The molecule has 1 atom stereocenters. The number of amides is 1. The van der Waals surface area contributed by atoms with Gasteiger partial charge in [-0.05, 0) is 47.4 Å². The zero-order chi connectivity index (χ0) is 26.2. The van der Waals surface area contributed by atoms with Gasteiger partial charge >= 0.3 is 0 Å². The van der Waals surface area contributed by atoms with Crippen LogP contribution in [0.1, 0.15) is 23.5 Å². The number of benzene rings is 3. The van der Waals surface area contributed by atoms with E-state index >= 15 is 0 Å². The number of nitrogens with one attached hydrogen (secondary N) is 1. The fraction of sp³-hybridized carbons (Fsp3) is 0.143. The Bertz CT molecular complexity index is 1580. The summed E-state index contributed by atoms with van der Waals surface area (Å²) >= 11 is 0. The first-order chi connectivity index (χ1) is 17.7. The van der Waals surface area contributed by atoms with E-state index in [0.717, 1.165) is 11.1 Å². The van der Waals surface area contributed by atoms with Gasteiger partial charge in [0, 0.05) is 23.6 Å². The largest absolute Gasteiger partial charge is 0.482 e. The molecule has 0 aromatic heterocycles. The number of carbonyl (C=O) groups is 1. The second-order valence-corrected chi connectivity index (χ2v) is 10.6. The lowest BCUT2D eigenvalue weighted by atomic mass is 9.87. The highest BCUT2D eigenvalue weighted by Crippen LogP contribution is 2.39. The molecule has 5 N–H and O–H groups in total. The van der Waals surface area contributed by atoms with Crippen LogP contribution in [0, 0.1) is 5.41 Å². The molecule has 1 aliphatic carbocycles. The SMILES string of the molecule is N=C(N)c1cccc(C2C=CC=C(CN3C(=O)COc4ccc(-c5ccccc5S(N)(=O)=O)cc43)C2)c1. The van der Waals surface area contributed by atoms with Crippen LogP contribution >= 0.6 is 0 Å². The van der Waals surface area contributed by atoms with Crippen molar-refractivity contribution in [3.05, 3.63) is 102 Å².